The molecule has 0 amide bonds. The summed E-state index contributed by atoms with van der Waals surface area (Å²) < 4.78 is 0. The maximum Gasteiger partial charge on any atom is 0.353 e. The molecule has 0 saturated heterocycles. The Bertz CT molecular complexity index is 660. The maximum atomic E-state index is 11.2. The average molecular weight is 328 g/mol. The van der Waals surface area contributed by atoms with Gasteiger partial charge in [0, 0.05) is 22.3 Å². The molecule has 7 nitrogen and oxygen atoms in total. The van der Waals surface area contributed by atoms with Crippen LogP contribution < -0.4 is 10.6 Å². The molecule has 1 aromatic carbocycles. The number of anilines is 3. The molecule has 0 atom stereocenters. The normalized spacial score (nSPS) is 10.2. The first-order chi connectivity index (χ1) is 10.0. The van der Waals surface area contributed by atoms with E-state index in [9.17, 15) is 10.1 Å². The Morgan fingerprint density at radius 2 is 1.81 bits per heavy atom. The molecule has 110 valence electrons. The zero-order chi connectivity index (χ0) is 15.4. The lowest BCUT2D eigenvalue weighted by Crippen LogP contribution is -2.07. The van der Waals surface area contributed by atoms with Crippen LogP contribution in [0, 0.1) is 10.1 Å². The van der Waals surface area contributed by atoms with Gasteiger partial charge in [0.25, 0.3) is 0 Å². The topological polar surface area (TPSA) is 93.0 Å². The van der Waals surface area contributed by atoms with Gasteiger partial charge in [-0.05, 0) is 25.1 Å². The van der Waals surface area contributed by atoms with E-state index >= 15 is 0 Å². The first-order valence-electron chi connectivity index (χ1n) is 5.97. The molecule has 1 aromatic heterocycles. The van der Waals surface area contributed by atoms with Crippen LogP contribution in [-0.4, -0.2) is 21.4 Å². The third-order valence-electron chi connectivity index (χ3n) is 2.47. The van der Waals surface area contributed by atoms with Crippen molar-refractivity contribution in [3.63, 3.8) is 0 Å². The van der Waals surface area contributed by atoms with Gasteiger partial charge in [-0.1, -0.05) is 23.2 Å². The molecule has 0 aliphatic carbocycles. The van der Waals surface area contributed by atoms with Gasteiger partial charge in [0.2, 0.25) is 11.6 Å². The zero-order valence-electron chi connectivity index (χ0n) is 10.9. The van der Waals surface area contributed by atoms with Crippen LogP contribution >= 0.6 is 23.2 Å². The number of rotatable bonds is 5. The van der Waals surface area contributed by atoms with Crippen molar-refractivity contribution in [3.05, 3.63) is 44.7 Å². The standard InChI is InChI=1S/C12H11Cl2N5O2/c1-2-15-11-10(19(20)21)12(17-6-16-11)18-9-4-7(13)3-8(14)5-9/h3-6H,2H2,1H3,(H2,15,16,17,18). The van der Waals surface area contributed by atoms with Crippen LogP contribution in [0.1, 0.15) is 6.92 Å². The summed E-state index contributed by atoms with van der Waals surface area (Å²) in [7, 11) is 0. The molecule has 1 heterocycles. The highest BCUT2D eigenvalue weighted by atomic mass is 35.5. The van der Waals surface area contributed by atoms with Gasteiger partial charge in [-0.2, -0.15) is 0 Å². The summed E-state index contributed by atoms with van der Waals surface area (Å²) >= 11 is 11.8. The molecule has 2 N–H and O–H groups in total. The Balaban J connectivity index is 2.43. The van der Waals surface area contributed by atoms with Gasteiger partial charge in [-0.15, -0.1) is 0 Å². The lowest BCUT2D eigenvalue weighted by atomic mass is 10.3. The van der Waals surface area contributed by atoms with Crippen LogP contribution in [0.3, 0.4) is 0 Å². The smallest absolute Gasteiger partial charge is 0.353 e. The Hall–Kier alpha value is -2.12. The molecule has 0 unspecified atom stereocenters. The van der Waals surface area contributed by atoms with Crippen LogP contribution in [0.4, 0.5) is 23.0 Å². The molecule has 2 aromatic rings. The minimum Gasteiger partial charge on any atom is -0.364 e. The van der Waals surface area contributed by atoms with E-state index in [4.69, 9.17) is 23.2 Å². The van der Waals surface area contributed by atoms with Crippen molar-refractivity contribution in [1.82, 2.24) is 9.97 Å². The molecule has 0 bridgehead atoms. The van der Waals surface area contributed by atoms with Crippen LogP contribution in [0.25, 0.3) is 0 Å². The van der Waals surface area contributed by atoms with Gasteiger partial charge in [0.05, 0.1) is 4.92 Å². The first-order valence-corrected chi connectivity index (χ1v) is 6.73. The molecule has 21 heavy (non-hydrogen) atoms. The van der Waals surface area contributed by atoms with Crippen molar-refractivity contribution >= 4 is 46.2 Å². The molecule has 0 aliphatic rings. The Labute approximate surface area is 130 Å². The summed E-state index contributed by atoms with van der Waals surface area (Å²) in [6, 6.07) is 4.74. The number of hydrogen-bond donors (Lipinski definition) is 2. The predicted octanol–water partition coefficient (Wildman–Crippen LogP) is 3.87. The third-order valence-corrected chi connectivity index (χ3v) is 2.91. The van der Waals surface area contributed by atoms with Gasteiger partial charge in [0.15, 0.2) is 0 Å². The van der Waals surface area contributed by atoms with E-state index in [0.29, 0.717) is 22.3 Å². The van der Waals surface area contributed by atoms with Crippen molar-refractivity contribution in [2.45, 2.75) is 6.92 Å². The Morgan fingerprint density at radius 1 is 1.19 bits per heavy atom. The Kier molecular flexibility index (Phi) is 4.77. The monoisotopic (exact) mass is 327 g/mol. The fourth-order valence-electron chi connectivity index (χ4n) is 1.70. The van der Waals surface area contributed by atoms with Crippen molar-refractivity contribution in [2.75, 3.05) is 17.2 Å². The maximum absolute atomic E-state index is 11.2. The molecule has 0 radical (unpaired) electrons. The first kappa shape index (κ1) is 15.3. The largest absolute Gasteiger partial charge is 0.364 e. The van der Waals surface area contributed by atoms with Crippen LogP contribution in [-0.2, 0) is 0 Å². The van der Waals surface area contributed by atoms with Crippen molar-refractivity contribution in [2.24, 2.45) is 0 Å². The molecule has 0 aliphatic heterocycles. The Morgan fingerprint density at radius 3 is 2.38 bits per heavy atom. The zero-order valence-corrected chi connectivity index (χ0v) is 12.4. The van der Waals surface area contributed by atoms with E-state index in [1.165, 1.54) is 6.33 Å². The summed E-state index contributed by atoms with van der Waals surface area (Å²) in [6.07, 6.45) is 1.24. The second kappa shape index (κ2) is 6.55. The summed E-state index contributed by atoms with van der Waals surface area (Å²) in [4.78, 5) is 18.5. The SMILES string of the molecule is CCNc1ncnc(Nc2cc(Cl)cc(Cl)c2)c1[N+](=O)[O-]. The minimum atomic E-state index is -0.549. The fourth-order valence-corrected chi connectivity index (χ4v) is 2.23. The lowest BCUT2D eigenvalue weighted by molar-refractivity contribution is -0.383. The van der Waals surface area contributed by atoms with E-state index < -0.39 is 4.92 Å². The molecule has 0 spiro atoms. The van der Waals surface area contributed by atoms with Gasteiger partial charge < -0.3 is 10.6 Å². The molecule has 9 heteroatoms. The van der Waals surface area contributed by atoms with Gasteiger partial charge in [0.1, 0.15) is 6.33 Å². The average Bonchev–Trinajstić information content (AvgIpc) is 2.37. The van der Waals surface area contributed by atoms with E-state index in [1.807, 2.05) is 6.92 Å². The van der Waals surface area contributed by atoms with Crippen LogP contribution in [0.5, 0.6) is 0 Å². The van der Waals surface area contributed by atoms with E-state index in [-0.39, 0.29) is 17.3 Å². The second-order valence-electron chi connectivity index (χ2n) is 3.99. The highest BCUT2D eigenvalue weighted by Gasteiger charge is 2.22. The number of halogens is 2. The van der Waals surface area contributed by atoms with Crippen LogP contribution in [0.2, 0.25) is 10.0 Å². The van der Waals surface area contributed by atoms with Gasteiger partial charge in [-0.3, -0.25) is 10.1 Å². The highest BCUT2D eigenvalue weighted by molar-refractivity contribution is 6.35. The number of nitro groups is 1. The van der Waals surface area contributed by atoms with E-state index in [1.54, 1.807) is 18.2 Å². The fraction of sp³-hybridized carbons (Fsp3) is 0.167. The second-order valence-corrected chi connectivity index (χ2v) is 4.86. The van der Waals surface area contributed by atoms with E-state index in [0.717, 1.165) is 0 Å². The molecule has 2 rings (SSSR count). The van der Waals surface area contributed by atoms with Gasteiger partial charge in [-0.25, -0.2) is 9.97 Å². The van der Waals surface area contributed by atoms with Crippen molar-refractivity contribution in [1.29, 1.82) is 0 Å². The quantitative estimate of drug-likeness (QED) is 0.639. The van der Waals surface area contributed by atoms with Crippen LogP contribution in [0.15, 0.2) is 24.5 Å². The van der Waals surface area contributed by atoms with Crippen molar-refractivity contribution in [3.8, 4) is 0 Å². The number of nitrogens with one attached hydrogen (secondary N) is 2. The molecule has 0 saturated carbocycles. The summed E-state index contributed by atoms with van der Waals surface area (Å²) in [6.45, 7) is 2.32. The number of nitrogens with zero attached hydrogens (tertiary/aromatic N) is 3. The minimum absolute atomic E-state index is 0.0595. The number of benzene rings is 1. The summed E-state index contributed by atoms with van der Waals surface area (Å²) in [5.74, 6) is 0.206. The molecular formula is C12H11Cl2N5O2. The molecule has 0 fully saturated rings. The third kappa shape index (κ3) is 3.71. The highest BCUT2D eigenvalue weighted by Crippen LogP contribution is 2.32. The molecular weight excluding hydrogens is 317 g/mol. The van der Waals surface area contributed by atoms with Gasteiger partial charge >= 0.3 is 5.69 Å². The summed E-state index contributed by atoms with van der Waals surface area (Å²) in [5.41, 5.74) is 0.257. The number of hydrogen-bond acceptors (Lipinski definition) is 6. The van der Waals surface area contributed by atoms with Crippen molar-refractivity contribution < 1.29 is 4.92 Å². The predicted molar refractivity (Wildman–Crippen MR) is 82.6 cm³/mol. The summed E-state index contributed by atoms with van der Waals surface area (Å²) in [5, 5.41) is 17.7. The van der Waals surface area contributed by atoms with E-state index in [2.05, 4.69) is 20.6 Å². The lowest BCUT2D eigenvalue weighted by Gasteiger charge is -2.09. The number of aromatic nitrogens is 2.